The molecule has 1 N–H and O–H groups in total. The van der Waals surface area contributed by atoms with Crippen LogP contribution in [0.15, 0.2) is 78.2 Å². The van der Waals surface area contributed by atoms with Gasteiger partial charge in [0.15, 0.2) is 0 Å². The smallest absolute Gasteiger partial charge is 0.275 e. The van der Waals surface area contributed by atoms with Crippen molar-refractivity contribution in [2.75, 3.05) is 19.5 Å². The van der Waals surface area contributed by atoms with Gasteiger partial charge in [0, 0.05) is 22.7 Å². The predicted octanol–water partition coefficient (Wildman–Crippen LogP) is 5.66. The summed E-state index contributed by atoms with van der Waals surface area (Å²) < 4.78 is 16.3. The Balaban J connectivity index is 1.38. The first kappa shape index (κ1) is 21.4. The molecule has 3 aromatic carbocycles. The normalized spacial score (nSPS) is 10.4. The minimum Gasteiger partial charge on any atom is -0.497 e. The SMILES string of the molecule is COc1cccc(COc2ccc(-c3nc(C(=O)Nc4cccc(OC)c4)cs3)cc2)c1. The molecule has 4 rings (SSSR count). The molecular weight excluding hydrogens is 424 g/mol. The summed E-state index contributed by atoms with van der Waals surface area (Å²) in [7, 11) is 3.23. The third-order valence-electron chi connectivity index (χ3n) is 4.71. The van der Waals surface area contributed by atoms with Crippen molar-refractivity contribution < 1.29 is 19.0 Å². The Morgan fingerprint density at radius 1 is 0.906 bits per heavy atom. The number of anilines is 1. The van der Waals surface area contributed by atoms with Crippen LogP contribution in [0.25, 0.3) is 10.6 Å². The lowest BCUT2D eigenvalue weighted by atomic mass is 10.2. The molecule has 6 nitrogen and oxygen atoms in total. The van der Waals surface area contributed by atoms with Gasteiger partial charge in [-0.25, -0.2) is 4.98 Å². The van der Waals surface area contributed by atoms with Crippen molar-refractivity contribution in [1.82, 2.24) is 4.98 Å². The maximum atomic E-state index is 12.5. The first-order valence-corrected chi connectivity index (χ1v) is 10.8. The van der Waals surface area contributed by atoms with Crippen molar-refractivity contribution >= 4 is 22.9 Å². The number of benzene rings is 3. The van der Waals surface area contributed by atoms with Crippen LogP contribution in [-0.4, -0.2) is 25.1 Å². The second-order valence-corrected chi connectivity index (χ2v) is 7.75. The lowest BCUT2D eigenvalue weighted by Gasteiger charge is -2.08. The summed E-state index contributed by atoms with van der Waals surface area (Å²) in [6, 6.07) is 22.6. The maximum absolute atomic E-state index is 12.5. The van der Waals surface area contributed by atoms with E-state index in [4.69, 9.17) is 14.2 Å². The Bertz CT molecular complexity index is 1200. The number of nitrogens with zero attached hydrogens (tertiary/aromatic N) is 1. The minimum absolute atomic E-state index is 0.265. The monoisotopic (exact) mass is 446 g/mol. The summed E-state index contributed by atoms with van der Waals surface area (Å²) in [5.74, 6) is 1.97. The Morgan fingerprint density at radius 2 is 1.62 bits per heavy atom. The van der Waals surface area contributed by atoms with E-state index >= 15 is 0 Å². The quantitative estimate of drug-likeness (QED) is 0.378. The highest BCUT2D eigenvalue weighted by molar-refractivity contribution is 7.13. The largest absolute Gasteiger partial charge is 0.497 e. The van der Waals surface area contributed by atoms with E-state index < -0.39 is 0 Å². The van der Waals surface area contributed by atoms with Gasteiger partial charge in [0.05, 0.1) is 14.2 Å². The van der Waals surface area contributed by atoms with Gasteiger partial charge in [-0.1, -0.05) is 18.2 Å². The van der Waals surface area contributed by atoms with E-state index in [1.165, 1.54) is 11.3 Å². The molecule has 0 bridgehead atoms. The Hall–Kier alpha value is -3.84. The fraction of sp³-hybridized carbons (Fsp3) is 0.120. The van der Waals surface area contributed by atoms with E-state index in [-0.39, 0.29) is 5.91 Å². The van der Waals surface area contributed by atoms with Crippen molar-refractivity contribution in [2.24, 2.45) is 0 Å². The highest BCUT2D eigenvalue weighted by Crippen LogP contribution is 2.27. The van der Waals surface area contributed by atoms with Crippen LogP contribution in [0.3, 0.4) is 0 Å². The number of ether oxygens (including phenoxy) is 3. The second kappa shape index (κ2) is 9.98. The van der Waals surface area contributed by atoms with E-state index in [0.29, 0.717) is 23.7 Å². The molecule has 0 spiro atoms. The summed E-state index contributed by atoms with van der Waals surface area (Å²) in [6.07, 6.45) is 0. The summed E-state index contributed by atoms with van der Waals surface area (Å²) in [5, 5.41) is 5.36. The summed E-state index contributed by atoms with van der Waals surface area (Å²) >= 11 is 1.42. The molecule has 0 radical (unpaired) electrons. The molecule has 7 heteroatoms. The maximum Gasteiger partial charge on any atom is 0.275 e. The zero-order chi connectivity index (χ0) is 22.3. The van der Waals surface area contributed by atoms with Gasteiger partial charge in [-0.2, -0.15) is 0 Å². The fourth-order valence-corrected chi connectivity index (χ4v) is 3.84. The van der Waals surface area contributed by atoms with Gasteiger partial charge in [-0.15, -0.1) is 11.3 Å². The average Bonchev–Trinajstić information content (AvgIpc) is 3.34. The van der Waals surface area contributed by atoms with Gasteiger partial charge in [0.25, 0.3) is 5.91 Å². The summed E-state index contributed by atoms with van der Waals surface area (Å²) in [4.78, 5) is 17.0. The van der Waals surface area contributed by atoms with Gasteiger partial charge < -0.3 is 19.5 Å². The number of hydrogen-bond donors (Lipinski definition) is 1. The van der Waals surface area contributed by atoms with Crippen LogP contribution >= 0.6 is 11.3 Å². The first-order chi connectivity index (χ1) is 15.6. The number of carbonyl (C=O) groups is 1. The molecule has 32 heavy (non-hydrogen) atoms. The van der Waals surface area contributed by atoms with Crippen LogP contribution in [0.4, 0.5) is 5.69 Å². The number of carbonyl (C=O) groups excluding carboxylic acids is 1. The lowest BCUT2D eigenvalue weighted by Crippen LogP contribution is -2.12. The van der Waals surface area contributed by atoms with Crippen LogP contribution in [0.5, 0.6) is 17.2 Å². The molecule has 0 fully saturated rings. The predicted molar refractivity (Wildman–Crippen MR) is 126 cm³/mol. The number of rotatable bonds is 8. The van der Waals surface area contributed by atoms with Crippen LogP contribution in [0.2, 0.25) is 0 Å². The molecule has 0 saturated heterocycles. The lowest BCUT2D eigenvalue weighted by molar-refractivity contribution is 0.102. The molecule has 0 aliphatic rings. The van der Waals surface area contributed by atoms with Crippen LogP contribution in [0.1, 0.15) is 16.1 Å². The second-order valence-electron chi connectivity index (χ2n) is 6.89. The summed E-state index contributed by atoms with van der Waals surface area (Å²) in [6.45, 7) is 0.447. The molecular formula is C25H22N2O4S. The Kier molecular flexibility index (Phi) is 6.67. The van der Waals surface area contributed by atoms with Gasteiger partial charge in [-0.3, -0.25) is 4.79 Å². The van der Waals surface area contributed by atoms with E-state index in [1.807, 2.05) is 60.7 Å². The van der Waals surface area contributed by atoms with Crippen molar-refractivity contribution in [3.05, 3.63) is 89.4 Å². The van der Waals surface area contributed by atoms with Gasteiger partial charge in [-0.05, 0) is 54.1 Å². The molecule has 1 amide bonds. The molecule has 4 aromatic rings. The van der Waals surface area contributed by atoms with Crippen molar-refractivity contribution in [2.45, 2.75) is 6.61 Å². The van der Waals surface area contributed by atoms with Crippen LogP contribution < -0.4 is 19.5 Å². The molecule has 1 heterocycles. The van der Waals surface area contributed by atoms with Gasteiger partial charge in [0.1, 0.15) is 34.6 Å². The van der Waals surface area contributed by atoms with E-state index in [1.54, 1.807) is 31.7 Å². The topological polar surface area (TPSA) is 69.7 Å². The average molecular weight is 447 g/mol. The highest BCUT2D eigenvalue weighted by atomic mass is 32.1. The number of amides is 1. The molecule has 0 unspecified atom stereocenters. The van der Waals surface area contributed by atoms with Gasteiger partial charge >= 0.3 is 0 Å². The number of hydrogen-bond acceptors (Lipinski definition) is 6. The molecule has 162 valence electrons. The Labute approximate surface area is 190 Å². The van der Waals surface area contributed by atoms with E-state index in [0.717, 1.165) is 27.6 Å². The van der Waals surface area contributed by atoms with Crippen molar-refractivity contribution in [3.63, 3.8) is 0 Å². The third kappa shape index (κ3) is 5.25. The number of nitrogens with one attached hydrogen (secondary N) is 1. The number of aromatic nitrogens is 1. The van der Waals surface area contributed by atoms with Crippen LogP contribution in [0, 0.1) is 0 Å². The molecule has 0 saturated carbocycles. The Morgan fingerprint density at radius 3 is 2.38 bits per heavy atom. The van der Waals surface area contributed by atoms with Crippen molar-refractivity contribution in [3.8, 4) is 27.8 Å². The van der Waals surface area contributed by atoms with Gasteiger partial charge in [0.2, 0.25) is 0 Å². The number of thiazole rings is 1. The number of methoxy groups -OCH3 is 2. The van der Waals surface area contributed by atoms with Crippen molar-refractivity contribution in [1.29, 1.82) is 0 Å². The minimum atomic E-state index is -0.265. The van der Waals surface area contributed by atoms with E-state index in [2.05, 4.69) is 10.3 Å². The zero-order valence-electron chi connectivity index (χ0n) is 17.7. The zero-order valence-corrected chi connectivity index (χ0v) is 18.5. The fourth-order valence-electron chi connectivity index (χ4n) is 3.03. The highest BCUT2D eigenvalue weighted by Gasteiger charge is 2.13. The molecule has 0 atom stereocenters. The van der Waals surface area contributed by atoms with E-state index in [9.17, 15) is 4.79 Å². The molecule has 1 aromatic heterocycles. The molecule has 0 aliphatic heterocycles. The third-order valence-corrected chi connectivity index (χ3v) is 5.60. The standard InChI is InChI=1S/C25H22N2O4S/c1-29-21-7-3-5-17(13-21)15-31-20-11-9-18(10-12-20)25-27-23(16-32-25)24(28)26-19-6-4-8-22(14-19)30-2/h3-14,16H,15H2,1-2H3,(H,26,28). The summed E-state index contributed by atoms with van der Waals surface area (Å²) in [5.41, 5.74) is 2.97. The molecule has 0 aliphatic carbocycles. The van der Waals surface area contributed by atoms with Crippen LogP contribution in [-0.2, 0) is 6.61 Å². The first-order valence-electron chi connectivity index (χ1n) is 9.92.